The fourth-order valence-corrected chi connectivity index (χ4v) is 5.01. The summed E-state index contributed by atoms with van der Waals surface area (Å²) in [4.78, 5) is 30.4. The maximum absolute atomic E-state index is 13.2. The molecule has 1 aromatic heterocycles. The van der Waals surface area contributed by atoms with Crippen LogP contribution in [0.5, 0.6) is 0 Å². The van der Waals surface area contributed by atoms with Gasteiger partial charge in [0.05, 0.1) is 29.7 Å². The van der Waals surface area contributed by atoms with Crippen LogP contribution in [0.15, 0.2) is 34.8 Å². The third-order valence-electron chi connectivity index (χ3n) is 7.24. The predicted molar refractivity (Wildman–Crippen MR) is 146 cm³/mol. The zero-order valence-electron chi connectivity index (χ0n) is 22.9. The Morgan fingerprint density at radius 2 is 1.95 bits per heavy atom. The van der Waals surface area contributed by atoms with Crippen molar-refractivity contribution in [3.63, 3.8) is 0 Å². The first-order valence-electron chi connectivity index (χ1n) is 13.0. The summed E-state index contributed by atoms with van der Waals surface area (Å²) in [5.74, 6) is -1.74. The van der Waals surface area contributed by atoms with E-state index in [0.29, 0.717) is 23.5 Å². The number of alkyl halides is 1. The second-order valence-corrected chi connectivity index (χ2v) is 11.7. The third-order valence-corrected chi connectivity index (χ3v) is 8.07. The van der Waals surface area contributed by atoms with Crippen LogP contribution >= 0.6 is 11.3 Å². The summed E-state index contributed by atoms with van der Waals surface area (Å²) < 4.78 is 18.7. The Balaban J connectivity index is 2.33. The lowest BCUT2D eigenvalue weighted by atomic mass is 9.73. The number of aliphatic hydroxyl groups excluding tert-OH is 2. The number of allylic oxidation sites excluding steroid dienone is 3. The van der Waals surface area contributed by atoms with Crippen molar-refractivity contribution < 1.29 is 28.9 Å². The van der Waals surface area contributed by atoms with Crippen LogP contribution in [0.2, 0.25) is 0 Å². The van der Waals surface area contributed by atoms with E-state index in [4.69, 9.17) is 4.74 Å². The third kappa shape index (κ3) is 8.97. The van der Waals surface area contributed by atoms with Crippen molar-refractivity contribution in [2.75, 3.05) is 0 Å². The van der Waals surface area contributed by atoms with Crippen molar-refractivity contribution in [2.45, 2.75) is 98.6 Å². The Morgan fingerprint density at radius 3 is 2.59 bits per heavy atom. The molecular formula is C29H42FNO5S. The number of ketones is 1. The zero-order chi connectivity index (χ0) is 27.8. The summed E-state index contributed by atoms with van der Waals surface area (Å²) in [6.45, 7) is 10.00. The number of ether oxygens (including phenoxy) is 1. The number of carbonyl (C=O) groups is 2. The molecule has 0 saturated carbocycles. The number of Topliss-reactive ketones (excluding diaryl/α,β-unsaturated/α-hetero) is 1. The number of thiazole rings is 1. The number of nitrogens with zero attached hydrogens (tertiary/aromatic N) is 1. The molecule has 0 unspecified atom stereocenters. The van der Waals surface area contributed by atoms with E-state index in [-0.39, 0.29) is 18.1 Å². The van der Waals surface area contributed by atoms with Gasteiger partial charge in [-0.3, -0.25) is 9.59 Å². The molecule has 6 nitrogen and oxygen atoms in total. The van der Waals surface area contributed by atoms with Gasteiger partial charge in [0, 0.05) is 17.7 Å². The first kappa shape index (κ1) is 31.1. The molecule has 0 aromatic carbocycles. The van der Waals surface area contributed by atoms with Crippen molar-refractivity contribution in [2.24, 2.45) is 17.3 Å². The van der Waals surface area contributed by atoms with Gasteiger partial charge >= 0.3 is 5.97 Å². The molecule has 8 heteroatoms. The highest BCUT2D eigenvalue weighted by Gasteiger charge is 2.42. The van der Waals surface area contributed by atoms with E-state index in [0.717, 1.165) is 24.0 Å². The summed E-state index contributed by atoms with van der Waals surface area (Å²) in [5, 5.41) is 23.8. The van der Waals surface area contributed by atoms with Gasteiger partial charge in [-0.2, -0.15) is 0 Å². The maximum Gasteiger partial charge on any atom is 0.309 e. The van der Waals surface area contributed by atoms with Gasteiger partial charge < -0.3 is 14.9 Å². The topological polar surface area (TPSA) is 96.7 Å². The van der Waals surface area contributed by atoms with Gasteiger partial charge in [-0.1, -0.05) is 51.5 Å². The fourth-order valence-electron chi connectivity index (χ4n) is 4.41. The molecule has 1 aliphatic rings. The van der Waals surface area contributed by atoms with Crippen LogP contribution in [-0.2, 0) is 21.0 Å². The van der Waals surface area contributed by atoms with E-state index < -0.39 is 42.3 Å². The minimum Gasteiger partial charge on any atom is -0.457 e. The number of esters is 1. The zero-order valence-corrected chi connectivity index (χ0v) is 23.7. The van der Waals surface area contributed by atoms with Crippen LogP contribution in [0.4, 0.5) is 4.39 Å². The number of hydrogen-bond acceptors (Lipinski definition) is 7. The summed E-state index contributed by atoms with van der Waals surface area (Å²) in [6, 6.07) is 0. The number of hydrogen-bond donors (Lipinski definition) is 2. The summed E-state index contributed by atoms with van der Waals surface area (Å²) in [7, 11) is 0. The van der Waals surface area contributed by atoms with Crippen LogP contribution in [-0.4, -0.2) is 45.3 Å². The van der Waals surface area contributed by atoms with Gasteiger partial charge in [-0.05, 0) is 50.7 Å². The molecule has 2 rings (SSSR count). The molecule has 0 amide bonds. The van der Waals surface area contributed by atoms with Crippen molar-refractivity contribution >= 4 is 29.2 Å². The first-order chi connectivity index (χ1) is 17.4. The number of aromatic nitrogens is 1. The molecule has 1 aromatic rings. The minimum atomic E-state index is -1.27. The Labute approximate surface area is 224 Å². The molecule has 2 heterocycles. The maximum atomic E-state index is 13.2. The smallest absolute Gasteiger partial charge is 0.309 e. The Bertz CT molecular complexity index is 1010. The summed E-state index contributed by atoms with van der Waals surface area (Å²) >= 11 is 1.23. The van der Waals surface area contributed by atoms with Crippen molar-refractivity contribution in [1.29, 1.82) is 0 Å². The highest BCUT2D eigenvalue weighted by atomic mass is 32.1. The molecule has 2 N–H and O–H groups in total. The highest BCUT2D eigenvalue weighted by Crippen LogP contribution is 2.32. The van der Waals surface area contributed by atoms with Gasteiger partial charge in [0.2, 0.25) is 0 Å². The Hall–Kier alpha value is -2.16. The molecule has 5 atom stereocenters. The van der Waals surface area contributed by atoms with Crippen LogP contribution in [0.1, 0.15) is 84.3 Å². The number of aliphatic hydroxyl groups is 2. The van der Waals surface area contributed by atoms with Crippen molar-refractivity contribution in [1.82, 2.24) is 4.98 Å². The van der Waals surface area contributed by atoms with E-state index in [2.05, 4.69) is 11.1 Å². The monoisotopic (exact) mass is 535 g/mol. The molecule has 1 aliphatic heterocycles. The molecular weight excluding hydrogens is 493 g/mol. The Kier molecular flexibility index (Phi) is 11.9. The number of rotatable bonds is 3. The lowest BCUT2D eigenvalue weighted by molar-refractivity contribution is -0.154. The average Bonchev–Trinajstić information content (AvgIpc) is 3.31. The Morgan fingerprint density at radius 1 is 1.24 bits per heavy atom. The summed E-state index contributed by atoms with van der Waals surface area (Å²) in [5.41, 5.74) is 1.25. The van der Waals surface area contributed by atoms with Crippen LogP contribution in [0, 0.1) is 17.3 Å². The van der Waals surface area contributed by atoms with Crippen LogP contribution in [0.3, 0.4) is 0 Å². The van der Waals surface area contributed by atoms with E-state index in [1.807, 2.05) is 32.9 Å². The largest absolute Gasteiger partial charge is 0.457 e. The second kappa shape index (κ2) is 14.1. The predicted octanol–water partition coefficient (Wildman–Crippen LogP) is 5.98. The molecule has 0 spiro atoms. The highest BCUT2D eigenvalue weighted by molar-refractivity contribution is 7.09. The molecule has 0 saturated heterocycles. The van der Waals surface area contributed by atoms with Crippen molar-refractivity contribution in [3.05, 3.63) is 45.5 Å². The van der Waals surface area contributed by atoms with E-state index in [1.54, 1.807) is 32.2 Å². The van der Waals surface area contributed by atoms with Crippen LogP contribution in [0.25, 0.3) is 6.08 Å². The molecule has 0 fully saturated rings. The van der Waals surface area contributed by atoms with Crippen LogP contribution < -0.4 is 0 Å². The van der Waals surface area contributed by atoms with Crippen molar-refractivity contribution in [3.8, 4) is 0 Å². The summed E-state index contributed by atoms with van der Waals surface area (Å²) in [6.07, 6.45) is 7.61. The van der Waals surface area contributed by atoms with Gasteiger partial charge in [-0.15, -0.1) is 11.3 Å². The van der Waals surface area contributed by atoms with E-state index in [9.17, 15) is 24.2 Å². The lowest BCUT2D eigenvalue weighted by Gasteiger charge is -2.34. The molecule has 0 bridgehead atoms. The standard InChI is InChI=1S/C29H42FNO5S/c1-18-10-8-7-9-11-19(2)27(34)21(4)28(35)29(5,6)24(32)15-26(33)36-23(13-12-18)20(3)14-22-17-37-25(16-30)31-22/h7,9,12,14,17,19,21,23-24,27,32,34H,8,10-11,13,15-16H2,1-6H3/b9-7?,18-12-,20-14+/t19-,21+,23-,24-,27-/m0/s1. The minimum absolute atomic E-state index is 0.127. The fraction of sp³-hybridized carbons (Fsp3) is 0.621. The first-order valence-corrected chi connectivity index (χ1v) is 13.8. The number of cyclic esters (lactones) is 1. The van der Waals surface area contributed by atoms with Gasteiger partial charge in [-0.25, -0.2) is 9.37 Å². The molecule has 206 valence electrons. The normalized spacial score (nSPS) is 30.7. The van der Waals surface area contributed by atoms with Gasteiger partial charge in [0.1, 0.15) is 23.6 Å². The second-order valence-electron chi connectivity index (χ2n) is 10.8. The lowest BCUT2D eigenvalue weighted by Crippen LogP contribution is -2.45. The SMILES string of the molecule is C/C1=C/C[C@@H](/C(C)=C/c2csc(CF)n2)OC(=O)C[C@H](O)C(C)(C)C(=O)[C@H](C)[C@@H](O)[C@@H](C)CC=CCC1. The number of halogens is 1. The van der Waals surface area contributed by atoms with Gasteiger partial charge in [0.25, 0.3) is 0 Å². The average molecular weight is 536 g/mol. The van der Waals surface area contributed by atoms with E-state index >= 15 is 0 Å². The molecule has 0 radical (unpaired) electrons. The molecule has 37 heavy (non-hydrogen) atoms. The number of carbonyl (C=O) groups excluding carboxylic acids is 2. The van der Waals surface area contributed by atoms with E-state index in [1.165, 1.54) is 11.3 Å². The quantitative estimate of drug-likeness (QED) is 0.365. The molecule has 0 aliphatic carbocycles. The van der Waals surface area contributed by atoms with Gasteiger partial charge in [0.15, 0.2) is 0 Å².